The molecule has 1 amide bonds. The number of carbonyl (C=O) groups is 1. The first-order valence-electron chi connectivity index (χ1n) is 16.1. The zero-order chi connectivity index (χ0) is 32.0. The number of rotatable bonds is 9. The number of ether oxygens (including phenoxy) is 3. The van der Waals surface area contributed by atoms with Gasteiger partial charge in [0.1, 0.15) is 5.69 Å². The molecule has 7 rings (SSSR count). The van der Waals surface area contributed by atoms with Gasteiger partial charge in [-0.1, -0.05) is 84.9 Å². The Balaban J connectivity index is 1.07. The number of aromatic nitrogens is 2. The largest absolute Gasteiger partial charge is 0.392 e. The molecule has 2 aliphatic heterocycles. The number of nitrogens with one attached hydrogen (secondary N) is 1. The molecule has 2 N–H and O–H groups in total. The fourth-order valence-electron chi connectivity index (χ4n) is 6.21. The summed E-state index contributed by atoms with van der Waals surface area (Å²) in [6, 6.07) is 31.8. The van der Waals surface area contributed by atoms with Gasteiger partial charge in [-0.05, 0) is 39.9 Å². The monoisotopic (exact) mass is 630 g/mol. The van der Waals surface area contributed by atoms with Gasteiger partial charge in [0.15, 0.2) is 6.29 Å². The maximum absolute atomic E-state index is 13.0. The summed E-state index contributed by atoms with van der Waals surface area (Å²) < 4.78 is 18.7. The Morgan fingerprint density at radius 3 is 2.36 bits per heavy atom. The lowest BCUT2D eigenvalue weighted by Crippen LogP contribution is -2.44. The van der Waals surface area contributed by atoms with Gasteiger partial charge in [-0.15, -0.1) is 0 Å². The standard InChI is InChI=1S/C38H38N4O5/c43-25-26-9-11-28(12-10-26)36-21-31(24-42-17-19-45-20-18-42)46-38(47-36)29-15-13-27(14-16-29)32-6-2-1-5-30(32)22-40-37(44)35-23-39-33-7-3-4-8-34(33)41-35/h1-16,23,31,36,38,43H,17-22,24-25H2,(H,40,44)/t31-,36+,38+/m0/s1. The number of aliphatic hydroxyl groups excluding tert-OH is 1. The number of fused-ring (bicyclic) bond motifs is 1. The van der Waals surface area contributed by atoms with E-state index < -0.39 is 6.29 Å². The molecule has 47 heavy (non-hydrogen) atoms. The molecular weight excluding hydrogens is 592 g/mol. The molecule has 0 unspecified atom stereocenters. The van der Waals surface area contributed by atoms with Crippen LogP contribution in [0.3, 0.4) is 0 Å². The van der Waals surface area contributed by atoms with E-state index in [0.717, 1.165) is 78.2 Å². The van der Waals surface area contributed by atoms with Crippen LogP contribution in [0.5, 0.6) is 0 Å². The van der Waals surface area contributed by atoms with Gasteiger partial charge in [0.05, 0.1) is 49.3 Å². The van der Waals surface area contributed by atoms with Gasteiger partial charge in [-0.3, -0.25) is 14.7 Å². The number of nitrogens with zero attached hydrogens (tertiary/aromatic N) is 3. The van der Waals surface area contributed by atoms with Crippen molar-refractivity contribution in [1.82, 2.24) is 20.2 Å². The number of para-hydroxylation sites is 2. The van der Waals surface area contributed by atoms with Crippen molar-refractivity contribution in [2.24, 2.45) is 0 Å². The quantitative estimate of drug-likeness (QED) is 0.217. The van der Waals surface area contributed by atoms with Gasteiger partial charge in [0.25, 0.3) is 5.91 Å². The highest BCUT2D eigenvalue weighted by atomic mass is 16.7. The molecule has 0 bridgehead atoms. The van der Waals surface area contributed by atoms with Crippen LogP contribution in [-0.2, 0) is 27.4 Å². The topological polar surface area (TPSA) is 106 Å². The maximum Gasteiger partial charge on any atom is 0.271 e. The van der Waals surface area contributed by atoms with E-state index in [-0.39, 0.29) is 30.4 Å². The van der Waals surface area contributed by atoms with Crippen molar-refractivity contribution >= 4 is 16.9 Å². The summed E-state index contributed by atoms with van der Waals surface area (Å²) in [6.07, 6.45) is 1.59. The average Bonchev–Trinajstić information content (AvgIpc) is 3.14. The molecule has 4 aromatic carbocycles. The Hall–Kier alpha value is -4.51. The van der Waals surface area contributed by atoms with E-state index in [4.69, 9.17) is 14.2 Å². The zero-order valence-corrected chi connectivity index (χ0v) is 26.1. The molecule has 3 atom stereocenters. The van der Waals surface area contributed by atoms with Crippen LogP contribution >= 0.6 is 0 Å². The number of benzene rings is 4. The Morgan fingerprint density at radius 1 is 0.851 bits per heavy atom. The molecule has 0 aliphatic carbocycles. The Bertz CT molecular complexity index is 1810. The number of carbonyl (C=O) groups excluding carboxylic acids is 1. The van der Waals surface area contributed by atoms with Gasteiger partial charge in [-0.2, -0.15) is 0 Å². The van der Waals surface area contributed by atoms with Crippen LogP contribution in [-0.4, -0.2) is 64.8 Å². The minimum absolute atomic E-state index is 0.00863. The van der Waals surface area contributed by atoms with Crippen molar-refractivity contribution < 1.29 is 24.1 Å². The van der Waals surface area contributed by atoms with Crippen molar-refractivity contribution in [3.05, 3.63) is 131 Å². The fourth-order valence-corrected chi connectivity index (χ4v) is 6.21. The van der Waals surface area contributed by atoms with Gasteiger partial charge in [0, 0.05) is 38.2 Å². The molecule has 9 heteroatoms. The predicted octanol–water partition coefficient (Wildman–Crippen LogP) is 5.60. The first-order chi connectivity index (χ1) is 23.1. The molecule has 5 aromatic rings. The predicted molar refractivity (Wildman–Crippen MR) is 178 cm³/mol. The molecule has 1 aromatic heterocycles. The van der Waals surface area contributed by atoms with Crippen molar-refractivity contribution in [3.8, 4) is 11.1 Å². The lowest BCUT2D eigenvalue weighted by atomic mass is 9.97. The van der Waals surface area contributed by atoms with Crippen molar-refractivity contribution in [2.45, 2.75) is 38.1 Å². The second kappa shape index (κ2) is 14.5. The second-order valence-corrected chi connectivity index (χ2v) is 12.0. The van der Waals surface area contributed by atoms with E-state index in [9.17, 15) is 9.90 Å². The summed E-state index contributed by atoms with van der Waals surface area (Å²) in [5, 5.41) is 12.5. The molecule has 0 spiro atoms. The molecule has 9 nitrogen and oxygen atoms in total. The number of morpholine rings is 1. The third kappa shape index (κ3) is 7.40. The van der Waals surface area contributed by atoms with Gasteiger partial charge in [-0.25, -0.2) is 4.98 Å². The molecular formula is C38H38N4O5. The summed E-state index contributed by atoms with van der Waals surface area (Å²) in [5.41, 5.74) is 7.66. The highest BCUT2D eigenvalue weighted by molar-refractivity contribution is 5.93. The van der Waals surface area contributed by atoms with E-state index in [1.807, 2.05) is 66.7 Å². The molecule has 2 fully saturated rings. The smallest absolute Gasteiger partial charge is 0.271 e. The summed E-state index contributed by atoms with van der Waals surface area (Å²) >= 11 is 0. The van der Waals surface area contributed by atoms with Crippen LogP contribution in [0, 0.1) is 0 Å². The van der Waals surface area contributed by atoms with Crippen molar-refractivity contribution in [2.75, 3.05) is 32.8 Å². The molecule has 0 radical (unpaired) electrons. The van der Waals surface area contributed by atoms with Crippen molar-refractivity contribution in [1.29, 1.82) is 0 Å². The Morgan fingerprint density at radius 2 is 1.57 bits per heavy atom. The van der Waals surface area contributed by atoms with Crippen LogP contribution in [0.15, 0.2) is 103 Å². The average molecular weight is 631 g/mol. The fraction of sp³-hybridized carbons (Fsp3) is 0.289. The van der Waals surface area contributed by atoms with Crippen molar-refractivity contribution in [3.63, 3.8) is 0 Å². The molecule has 240 valence electrons. The minimum atomic E-state index is -0.524. The van der Waals surface area contributed by atoms with E-state index in [1.165, 1.54) is 6.20 Å². The van der Waals surface area contributed by atoms with Crippen LogP contribution in [0.25, 0.3) is 22.2 Å². The third-order valence-electron chi connectivity index (χ3n) is 8.81. The highest BCUT2D eigenvalue weighted by Gasteiger charge is 2.33. The first kappa shape index (κ1) is 31.1. The van der Waals surface area contributed by atoms with Crippen LogP contribution < -0.4 is 5.32 Å². The number of hydrogen-bond donors (Lipinski definition) is 2. The number of aliphatic hydroxyl groups is 1. The van der Waals surface area contributed by atoms with E-state index in [1.54, 1.807) is 0 Å². The van der Waals surface area contributed by atoms with Crippen LogP contribution in [0.2, 0.25) is 0 Å². The van der Waals surface area contributed by atoms with E-state index in [0.29, 0.717) is 12.1 Å². The molecule has 2 saturated heterocycles. The van der Waals surface area contributed by atoms with E-state index in [2.05, 4.69) is 50.5 Å². The number of hydrogen-bond acceptors (Lipinski definition) is 8. The molecule has 0 saturated carbocycles. The first-order valence-corrected chi connectivity index (χ1v) is 16.1. The van der Waals surface area contributed by atoms with Crippen LogP contribution in [0.1, 0.15) is 51.6 Å². The Labute approximate surface area is 274 Å². The third-order valence-corrected chi connectivity index (χ3v) is 8.81. The second-order valence-electron chi connectivity index (χ2n) is 12.0. The SMILES string of the molecule is O=C(NCc1ccccc1-c1ccc([C@@H]2O[C@H](CN3CCOCC3)C[C@H](c3ccc(CO)cc3)O2)cc1)c1cnc2ccccc2n1. The number of amides is 1. The summed E-state index contributed by atoms with van der Waals surface area (Å²) in [6.45, 7) is 4.44. The van der Waals surface area contributed by atoms with E-state index >= 15 is 0 Å². The minimum Gasteiger partial charge on any atom is -0.392 e. The Kier molecular flexibility index (Phi) is 9.60. The van der Waals surface area contributed by atoms with Gasteiger partial charge < -0.3 is 24.6 Å². The van der Waals surface area contributed by atoms with Gasteiger partial charge in [0.2, 0.25) is 0 Å². The summed E-state index contributed by atoms with van der Waals surface area (Å²) in [4.78, 5) is 24.2. The lowest BCUT2D eigenvalue weighted by Gasteiger charge is -2.39. The zero-order valence-electron chi connectivity index (χ0n) is 26.1. The normalized spacial score (nSPS) is 20.2. The lowest BCUT2D eigenvalue weighted by molar-refractivity contribution is -0.253. The summed E-state index contributed by atoms with van der Waals surface area (Å²) in [5.74, 6) is -0.271. The molecule has 3 heterocycles. The molecule has 2 aliphatic rings. The maximum atomic E-state index is 13.0. The van der Waals surface area contributed by atoms with Crippen LogP contribution in [0.4, 0.5) is 0 Å². The summed E-state index contributed by atoms with van der Waals surface area (Å²) in [7, 11) is 0. The highest BCUT2D eigenvalue weighted by Crippen LogP contribution is 2.39. The van der Waals surface area contributed by atoms with Gasteiger partial charge >= 0.3 is 0 Å².